The molecule has 0 aliphatic heterocycles. The number of allylic oxidation sites excluding steroid dienone is 4. The Hall–Kier alpha value is -4.37. The van der Waals surface area contributed by atoms with Gasteiger partial charge in [0.15, 0.2) is 0 Å². The van der Waals surface area contributed by atoms with Gasteiger partial charge in [-0.05, 0) is 85.4 Å². The molecule has 0 saturated heterocycles. The lowest BCUT2D eigenvalue weighted by Gasteiger charge is -2.14. The lowest BCUT2D eigenvalue weighted by Crippen LogP contribution is -1.97. The lowest BCUT2D eigenvalue weighted by atomic mass is 9.92. The molecule has 7 rings (SSSR count). The van der Waals surface area contributed by atoms with Gasteiger partial charge in [-0.15, -0.1) is 0 Å². The molecular formula is C33H27N3. The van der Waals surface area contributed by atoms with E-state index in [0.717, 1.165) is 29.4 Å². The molecule has 0 saturated carbocycles. The zero-order valence-corrected chi connectivity index (χ0v) is 20.5. The fourth-order valence-electron chi connectivity index (χ4n) is 5.74. The highest BCUT2D eigenvalue weighted by molar-refractivity contribution is 6.11. The number of fused-ring (bicyclic) bond motifs is 4. The summed E-state index contributed by atoms with van der Waals surface area (Å²) in [5.41, 5.74) is 12.1. The van der Waals surface area contributed by atoms with Crippen LogP contribution in [0.25, 0.3) is 60.8 Å². The molecule has 2 heterocycles. The Kier molecular flexibility index (Phi) is 4.71. The molecule has 3 nitrogen and oxygen atoms in total. The first-order chi connectivity index (χ1) is 17.7. The van der Waals surface area contributed by atoms with Crippen molar-refractivity contribution in [3.63, 3.8) is 0 Å². The van der Waals surface area contributed by atoms with E-state index < -0.39 is 0 Å². The summed E-state index contributed by atoms with van der Waals surface area (Å²) in [7, 11) is 0. The monoisotopic (exact) mass is 465 g/mol. The Bertz CT molecular complexity index is 1860. The van der Waals surface area contributed by atoms with Crippen molar-refractivity contribution in [2.45, 2.75) is 26.7 Å². The number of hydrogen-bond acceptors (Lipinski definition) is 1. The highest BCUT2D eigenvalue weighted by Gasteiger charge is 2.16. The first-order valence-electron chi connectivity index (χ1n) is 12.6. The largest absolute Gasteiger partial charge is 0.310 e. The molecule has 0 amide bonds. The molecule has 0 unspecified atom stereocenters. The van der Waals surface area contributed by atoms with E-state index in [1.54, 1.807) is 0 Å². The van der Waals surface area contributed by atoms with Gasteiger partial charge in [-0.2, -0.15) is 5.10 Å². The van der Waals surface area contributed by atoms with Gasteiger partial charge in [-0.3, -0.25) is 5.10 Å². The van der Waals surface area contributed by atoms with Gasteiger partial charge >= 0.3 is 0 Å². The minimum atomic E-state index is 1.02. The van der Waals surface area contributed by atoms with E-state index in [0.29, 0.717) is 0 Å². The van der Waals surface area contributed by atoms with Crippen LogP contribution in [0.2, 0.25) is 0 Å². The van der Waals surface area contributed by atoms with Gasteiger partial charge in [0.25, 0.3) is 0 Å². The molecule has 0 radical (unpaired) electrons. The van der Waals surface area contributed by atoms with Crippen molar-refractivity contribution in [2.24, 2.45) is 0 Å². The quantitative estimate of drug-likeness (QED) is 0.278. The molecule has 2 aromatic heterocycles. The summed E-state index contributed by atoms with van der Waals surface area (Å²) in [5.74, 6) is 0. The van der Waals surface area contributed by atoms with Crippen LogP contribution in [0.1, 0.15) is 24.0 Å². The maximum Gasteiger partial charge on any atom is 0.100 e. The molecule has 3 heteroatoms. The van der Waals surface area contributed by atoms with Crippen molar-refractivity contribution in [1.82, 2.24) is 14.8 Å². The summed E-state index contributed by atoms with van der Waals surface area (Å²) in [5, 5.41) is 11.6. The van der Waals surface area contributed by atoms with Crippen molar-refractivity contribution in [1.29, 1.82) is 0 Å². The minimum absolute atomic E-state index is 1.02. The average Bonchev–Trinajstić information content (AvgIpc) is 3.49. The number of hydrogen-bond donors (Lipinski definition) is 1. The summed E-state index contributed by atoms with van der Waals surface area (Å²) in [6.07, 6.45) is 9.10. The summed E-state index contributed by atoms with van der Waals surface area (Å²) in [6, 6.07) is 28.6. The summed E-state index contributed by atoms with van der Waals surface area (Å²) in [6.45, 7) is 4.40. The minimum Gasteiger partial charge on any atom is -0.310 e. The molecule has 1 aliphatic carbocycles. The third-order valence-electron chi connectivity index (χ3n) is 7.51. The van der Waals surface area contributed by atoms with Crippen LogP contribution in [0.5, 0.6) is 0 Å². The summed E-state index contributed by atoms with van der Waals surface area (Å²) < 4.78 is 2.41. The van der Waals surface area contributed by atoms with Gasteiger partial charge < -0.3 is 4.57 Å². The molecule has 4 aromatic carbocycles. The highest BCUT2D eigenvalue weighted by atomic mass is 15.1. The highest BCUT2D eigenvalue weighted by Crippen LogP contribution is 2.38. The third-order valence-corrected chi connectivity index (χ3v) is 7.51. The van der Waals surface area contributed by atoms with Gasteiger partial charge in [-0.25, -0.2) is 0 Å². The summed E-state index contributed by atoms with van der Waals surface area (Å²) in [4.78, 5) is 0. The van der Waals surface area contributed by atoms with Crippen molar-refractivity contribution in [3.05, 3.63) is 108 Å². The standard InChI is InChI=1S/C33H27N3/c1-21-19-28(33-26-13-6-8-14-30(26)34-35-33)22(2)18-27(21)23-16-17-32-29(20-23)25-12-7-9-15-31(25)36(32)24-10-4-3-5-11-24/h4,6-20H,3,5H2,1-2H3,(H,34,35). The topological polar surface area (TPSA) is 33.6 Å². The number of benzene rings is 4. The predicted molar refractivity (Wildman–Crippen MR) is 152 cm³/mol. The fraction of sp³-hybridized carbons (Fsp3) is 0.121. The Morgan fingerprint density at radius 2 is 1.47 bits per heavy atom. The lowest BCUT2D eigenvalue weighted by molar-refractivity contribution is 1.02. The third kappa shape index (κ3) is 3.16. The average molecular weight is 466 g/mol. The molecule has 1 aliphatic rings. The van der Waals surface area contributed by atoms with Gasteiger partial charge in [0, 0.05) is 27.4 Å². The first-order valence-corrected chi connectivity index (χ1v) is 12.6. The van der Waals surface area contributed by atoms with Gasteiger partial charge in [0.2, 0.25) is 0 Å². The van der Waals surface area contributed by atoms with Gasteiger partial charge in [0.1, 0.15) is 5.69 Å². The van der Waals surface area contributed by atoms with Crippen molar-refractivity contribution >= 4 is 38.4 Å². The van der Waals surface area contributed by atoms with Crippen LogP contribution in [0.4, 0.5) is 0 Å². The second kappa shape index (κ2) is 8.10. The van der Waals surface area contributed by atoms with Crippen LogP contribution in [0.3, 0.4) is 0 Å². The molecule has 0 bridgehead atoms. The normalized spacial score (nSPS) is 13.7. The predicted octanol–water partition coefficient (Wildman–Crippen LogP) is 8.81. The molecule has 0 fully saturated rings. The Morgan fingerprint density at radius 1 is 0.722 bits per heavy atom. The fourth-order valence-corrected chi connectivity index (χ4v) is 5.74. The SMILES string of the molecule is Cc1cc(-c2n[nH]c3ccccc23)c(C)cc1-c1ccc2c(c1)c1ccccc1n2C1=CCCC=C1. The van der Waals surface area contributed by atoms with E-state index in [9.17, 15) is 0 Å². The van der Waals surface area contributed by atoms with Crippen LogP contribution in [-0.4, -0.2) is 14.8 Å². The molecule has 0 spiro atoms. The number of nitrogens with zero attached hydrogens (tertiary/aromatic N) is 2. The summed E-state index contributed by atoms with van der Waals surface area (Å²) >= 11 is 0. The van der Waals surface area contributed by atoms with Crippen LogP contribution in [0, 0.1) is 13.8 Å². The van der Waals surface area contributed by atoms with Crippen molar-refractivity contribution < 1.29 is 0 Å². The number of nitrogens with one attached hydrogen (secondary N) is 1. The van der Waals surface area contributed by atoms with Gasteiger partial charge in [0.05, 0.1) is 16.6 Å². The maximum atomic E-state index is 4.65. The van der Waals surface area contributed by atoms with E-state index in [4.69, 9.17) is 0 Å². The van der Waals surface area contributed by atoms with E-state index in [-0.39, 0.29) is 0 Å². The molecule has 1 N–H and O–H groups in total. The number of aromatic nitrogens is 3. The second-order valence-electron chi connectivity index (χ2n) is 9.79. The van der Waals surface area contributed by atoms with Gasteiger partial charge in [-0.1, -0.05) is 60.7 Å². The molecular weight excluding hydrogens is 438 g/mol. The number of H-pyrrole nitrogens is 1. The van der Waals surface area contributed by atoms with Crippen LogP contribution in [-0.2, 0) is 0 Å². The number of aryl methyl sites for hydroxylation is 2. The van der Waals surface area contributed by atoms with E-state index in [1.165, 1.54) is 55.3 Å². The molecule has 0 atom stereocenters. The molecule has 174 valence electrons. The number of rotatable bonds is 3. The Labute approximate surface area is 210 Å². The zero-order chi connectivity index (χ0) is 24.2. The van der Waals surface area contributed by atoms with Crippen LogP contribution >= 0.6 is 0 Å². The molecule has 36 heavy (non-hydrogen) atoms. The van der Waals surface area contributed by atoms with E-state index >= 15 is 0 Å². The smallest absolute Gasteiger partial charge is 0.100 e. The second-order valence-corrected chi connectivity index (χ2v) is 9.79. The number of aromatic amines is 1. The Morgan fingerprint density at radius 3 is 2.33 bits per heavy atom. The number of para-hydroxylation sites is 2. The zero-order valence-electron chi connectivity index (χ0n) is 20.5. The maximum absolute atomic E-state index is 4.65. The van der Waals surface area contributed by atoms with Crippen LogP contribution in [0.15, 0.2) is 97.1 Å². The van der Waals surface area contributed by atoms with Crippen molar-refractivity contribution in [3.8, 4) is 22.4 Å². The first kappa shape index (κ1) is 21.0. The molecule has 6 aromatic rings. The van der Waals surface area contributed by atoms with E-state index in [2.05, 4.69) is 120 Å². The van der Waals surface area contributed by atoms with E-state index in [1.807, 2.05) is 6.07 Å². The Balaban J connectivity index is 1.40. The van der Waals surface area contributed by atoms with Crippen molar-refractivity contribution in [2.75, 3.05) is 0 Å². The van der Waals surface area contributed by atoms with Crippen LogP contribution < -0.4 is 0 Å².